The number of nitrogens with two attached hydrogens (primary N) is 1. The van der Waals surface area contributed by atoms with E-state index in [1.807, 2.05) is 0 Å². The van der Waals surface area contributed by atoms with E-state index in [9.17, 15) is 18.8 Å². The number of nitrogens with one attached hydrogen (secondary N) is 1. The molecule has 0 spiro atoms. The van der Waals surface area contributed by atoms with Crippen molar-refractivity contribution in [1.82, 2.24) is 5.32 Å². The van der Waals surface area contributed by atoms with Gasteiger partial charge in [-0.25, -0.2) is 9.18 Å². The van der Waals surface area contributed by atoms with Crippen LogP contribution in [-0.4, -0.2) is 28.9 Å². The summed E-state index contributed by atoms with van der Waals surface area (Å²) in [5, 5.41) is 11.1. The van der Waals surface area contributed by atoms with E-state index in [1.165, 1.54) is 12.1 Å². The van der Waals surface area contributed by atoms with Gasteiger partial charge in [-0.1, -0.05) is 0 Å². The molecule has 6 nitrogen and oxygen atoms in total. The van der Waals surface area contributed by atoms with Gasteiger partial charge >= 0.3 is 5.97 Å². The van der Waals surface area contributed by atoms with Gasteiger partial charge < -0.3 is 16.2 Å². The number of hydrogen-bond donors (Lipinski definition) is 3. The predicted molar refractivity (Wildman–Crippen MR) is 71.4 cm³/mol. The summed E-state index contributed by atoms with van der Waals surface area (Å²) in [4.78, 5) is 33.4. The Labute approximate surface area is 122 Å². The molecule has 0 heterocycles. The summed E-state index contributed by atoms with van der Waals surface area (Å²) in [6.07, 6.45) is -0.304. The summed E-state index contributed by atoms with van der Waals surface area (Å²) < 4.78 is 13.5. The number of carbonyl (C=O) groups is 3. The summed E-state index contributed by atoms with van der Waals surface area (Å²) >= 11 is 2.94. The molecule has 4 N–H and O–H groups in total. The number of halogens is 2. The first-order valence-corrected chi connectivity index (χ1v) is 6.37. The summed E-state index contributed by atoms with van der Waals surface area (Å²) in [6, 6.07) is 2.40. The van der Waals surface area contributed by atoms with E-state index in [0.717, 1.165) is 6.07 Å². The Hall–Kier alpha value is -1.96. The molecule has 1 rings (SSSR count). The normalized spacial score (nSPS) is 11.7. The van der Waals surface area contributed by atoms with Crippen LogP contribution in [0.4, 0.5) is 4.39 Å². The lowest BCUT2D eigenvalue weighted by molar-refractivity contribution is -0.139. The van der Waals surface area contributed by atoms with Crippen molar-refractivity contribution in [3.63, 3.8) is 0 Å². The quantitative estimate of drug-likeness (QED) is 0.714. The largest absolute Gasteiger partial charge is 0.480 e. The van der Waals surface area contributed by atoms with E-state index >= 15 is 0 Å². The number of carbonyl (C=O) groups excluding carboxylic acids is 2. The van der Waals surface area contributed by atoms with Gasteiger partial charge in [-0.15, -0.1) is 0 Å². The number of rotatable bonds is 6. The van der Waals surface area contributed by atoms with Crippen LogP contribution in [0.2, 0.25) is 0 Å². The Balaban J connectivity index is 2.77. The van der Waals surface area contributed by atoms with Crippen molar-refractivity contribution in [2.75, 3.05) is 0 Å². The van der Waals surface area contributed by atoms with E-state index in [4.69, 9.17) is 10.8 Å². The molecule has 0 bridgehead atoms. The third-order valence-electron chi connectivity index (χ3n) is 2.46. The third kappa shape index (κ3) is 4.61. The first kappa shape index (κ1) is 16.1. The van der Waals surface area contributed by atoms with Crippen LogP contribution in [0.25, 0.3) is 0 Å². The Morgan fingerprint density at radius 2 is 2.05 bits per heavy atom. The Morgan fingerprint density at radius 1 is 1.40 bits per heavy atom. The van der Waals surface area contributed by atoms with E-state index < -0.39 is 29.6 Å². The smallest absolute Gasteiger partial charge is 0.326 e. The molecule has 0 fully saturated rings. The van der Waals surface area contributed by atoms with Crippen molar-refractivity contribution in [2.45, 2.75) is 18.9 Å². The minimum absolute atomic E-state index is 0.0176. The van der Waals surface area contributed by atoms with Gasteiger partial charge in [0.15, 0.2) is 0 Å². The monoisotopic (exact) mass is 346 g/mol. The lowest BCUT2D eigenvalue weighted by atomic mass is 10.1. The molecule has 1 aromatic rings. The highest BCUT2D eigenvalue weighted by Crippen LogP contribution is 2.16. The molecule has 0 saturated carbocycles. The van der Waals surface area contributed by atoms with Gasteiger partial charge in [0.2, 0.25) is 5.91 Å². The number of amides is 2. The number of benzene rings is 1. The van der Waals surface area contributed by atoms with Crippen LogP contribution in [0.3, 0.4) is 0 Å². The zero-order valence-corrected chi connectivity index (χ0v) is 11.8. The molecule has 1 atom stereocenters. The van der Waals surface area contributed by atoms with E-state index in [0.29, 0.717) is 0 Å². The van der Waals surface area contributed by atoms with Crippen molar-refractivity contribution in [3.8, 4) is 0 Å². The van der Waals surface area contributed by atoms with Crippen LogP contribution in [0.1, 0.15) is 23.2 Å². The van der Waals surface area contributed by atoms with Crippen LogP contribution >= 0.6 is 15.9 Å². The summed E-state index contributed by atoms with van der Waals surface area (Å²) in [5.74, 6) is -3.34. The van der Waals surface area contributed by atoms with Crippen molar-refractivity contribution < 1.29 is 23.9 Å². The summed E-state index contributed by atoms with van der Waals surface area (Å²) in [7, 11) is 0. The highest BCUT2D eigenvalue weighted by atomic mass is 79.9. The molecule has 20 heavy (non-hydrogen) atoms. The first-order valence-electron chi connectivity index (χ1n) is 5.58. The topological polar surface area (TPSA) is 109 Å². The fourth-order valence-corrected chi connectivity index (χ4v) is 1.67. The molecule has 0 radical (unpaired) electrons. The van der Waals surface area contributed by atoms with Gasteiger partial charge in [0.1, 0.15) is 11.9 Å². The van der Waals surface area contributed by atoms with Crippen LogP contribution in [0.15, 0.2) is 22.7 Å². The minimum atomic E-state index is -1.29. The zero-order valence-electron chi connectivity index (χ0n) is 10.2. The van der Waals surface area contributed by atoms with E-state index in [1.54, 1.807) is 0 Å². The van der Waals surface area contributed by atoms with Gasteiger partial charge in [0.05, 0.1) is 4.47 Å². The lowest BCUT2D eigenvalue weighted by Crippen LogP contribution is -2.41. The average molecular weight is 347 g/mol. The molecule has 0 aromatic heterocycles. The van der Waals surface area contributed by atoms with Gasteiger partial charge in [-0.3, -0.25) is 9.59 Å². The van der Waals surface area contributed by atoms with Crippen LogP contribution in [0.5, 0.6) is 0 Å². The van der Waals surface area contributed by atoms with Crippen molar-refractivity contribution in [1.29, 1.82) is 0 Å². The minimum Gasteiger partial charge on any atom is -0.480 e. The molecule has 1 aromatic carbocycles. The summed E-state index contributed by atoms with van der Waals surface area (Å²) in [5.41, 5.74) is 4.90. The Kier molecular flexibility index (Phi) is 5.63. The number of aliphatic carboxylic acids is 1. The third-order valence-corrected chi connectivity index (χ3v) is 3.11. The second-order valence-corrected chi connectivity index (χ2v) is 4.85. The fourth-order valence-electron chi connectivity index (χ4n) is 1.42. The number of carboxylic acid groups (broad SMARTS) is 1. The SMILES string of the molecule is NC(=O)CCC(NC(=O)c1ccc(Br)c(F)c1)C(=O)O. The molecule has 0 aliphatic heterocycles. The standard InChI is InChI=1S/C12H12BrFN2O4/c13-7-2-1-6(5-8(7)14)11(18)16-9(12(19)20)3-4-10(15)17/h1-2,5,9H,3-4H2,(H2,15,17)(H,16,18)(H,19,20). The molecule has 2 amide bonds. The Morgan fingerprint density at radius 3 is 2.55 bits per heavy atom. The second-order valence-electron chi connectivity index (χ2n) is 4.00. The molecule has 0 saturated heterocycles. The number of primary amides is 1. The molecule has 0 aliphatic carbocycles. The molecule has 0 aliphatic rings. The van der Waals surface area contributed by atoms with Crippen molar-refractivity contribution in [2.24, 2.45) is 5.73 Å². The Bertz CT molecular complexity index is 550. The van der Waals surface area contributed by atoms with E-state index in [2.05, 4.69) is 21.2 Å². The maximum atomic E-state index is 13.3. The molecule has 8 heteroatoms. The van der Waals surface area contributed by atoms with E-state index in [-0.39, 0.29) is 22.9 Å². The van der Waals surface area contributed by atoms with Gasteiger partial charge in [-0.05, 0) is 40.5 Å². The predicted octanol–water partition coefficient (Wildman–Crippen LogP) is 1.04. The molecular formula is C12H12BrFN2O4. The highest BCUT2D eigenvalue weighted by molar-refractivity contribution is 9.10. The fraction of sp³-hybridized carbons (Fsp3) is 0.250. The zero-order chi connectivity index (χ0) is 15.3. The van der Waals surface area contributed by atoms with Gasteiger partial charge in [0.25, 0.3) is 5.91 Å². The van der Waals surface area contributed by atoms with Crippen LogP contribution < -0.4 is 11.1 Å². The van der Waals surface area contributed by atoms with Gasteiger partial charge in [0, 0.05) is 12.0 Å². The van der Waals surface area contributed by atoms with Gasteiger partial charge in [-0.2, -0.15) is 0 Å². The molecule has 108 valence electrons. The first-order chi connectivity index (χ1) is 9.31. The van der Waals surface area contributed by atoms with Crippen molar-refractivity contribution in [3.05, 3.63) is 34.1 Å². The number of carboxylic acids is 1. The second kappa shape index (κ2) is 6.99. The van der Waals surface area contributed by atoms with Crippen LogP contribution in [0, 0.1) is 5.82 Å². The summed E-state index contributed by atoms with van der Waals surface area (Å²) in [6.45, 7) is 0. The average Bonchev–Trinajstić information content (AvgIpc) is 2.36. The lowest BCUT2D eigenvalue weighted by Gasteiger charge is -2.13. The van der Waals surface area contributed by atoms with Crippen LogP contribution in [-0.2, 0) is 9.59 Å². The molecular weight excluding hydrogens is 335 g/mol. The molecule has 1 unspecified atom stereocenters. The van der Waals surface area contributed by atoms with Crippen molar-refractivity contribution >= 4 is 33.7 Å². The number of hydrogen-bond acceptors (Lipinski definition) is 3. The highest BCUT2D eigenvalue weighted by Gasteiger charge is 2.21. The maximum Gasteiger partial charge on any atom is 0.326 e. The maximum absolute atomic E-state index is 13.3.